The van der Waals surface area contributed by atoms with Crippen LogP contribution in [0, 0.1) is 6.92 Å². The van der Waals surface area contributed by atoms with Crippen LogP contribution in [0.1, 0.15) is 50.8 Å². The molecule has 0 saturated heterocycles. The monoisotopic (exact) mass is 236 g/mol. The third kappa shape index (κ3) is 2.81. The summed E-state index contributed by atoms with van der Waals surface area (Å²) in [5.41, 5.74) is 1.00. The Morgan fingerprint density at radius 2 is 1.94 bits per heavy atom. The highest BCUT2D eigenvalue weighted by Gasteiger charge is 2.34. The minimum absolute atomic E-state index is 0.309. The molecule has 0 spiro atoms. The smallest absolute Gasteiger partial charge is 0.318 e. The standard InChI is InChI=1S/C13H20N2O2/c1-8(2)10-7-9(3)14-11(15-10)13(4,5)12(16)17-6/h7-8H,1-6H3. The number of aryl methyl sites for hydroxylation is 1. The van der Waals surface area contributed by atoms with Gasteiger partial charge in [0.15, 0.2) is 0 Å². The van der Waals surface area contributed by atoms with E-state index < -0.39 is 5.41 Å². The molecule has 0 fully saturated rings. The van der Waals surface area contributed by atoms with Crippen LogP contribution in [0.5, 0.6) is 0 Å². The first kappa shape index (κ1) is 13.6. The Kier molecular flexibility index (Phi) is 3.86. The number of ether oxygens (including phenoxy) is 1. The van der Waals surface area contributed by atoms with Gasteiger partial charge in [-0.15, -0.1) is 0 Å². The van der Waals surface area contributed by atoms with Crippen molar-refractivity contribution in [2.45, 2.75) is 46.0 Å². The molecule has 1 rings (SSSR count). The molecule has 0 bridgehead atoms. The van der Waals surface area contributed by atoms with Crippen molar-refractivity contribution in [1.29, 1.82) is 0 Å². The number of rotatable bonds is 3. The van der Waals surface area contributed by atoms with Crippen molar-refractivity contribution >= 4 is 5.97 Å². The molecule has 0 aromatic carbocycles. The van der Waals surface area contributed by atoms with Gasteiger partial charge in [-0.2, -0.15) is 0 Å². The number of hydrogen-bond donors (Lipinski definition) is 0. The Labute approximate surface area is 102 Å². The van der Waals surface area contributed by atoms with E-state index in [2.05, 4.69) is 23.8 Å². The van der Waals surface area contributed by atoms with Gasteiger partial charge in [0.1, 0.15) is 11.2 Å². The Morgan fingerprint density at radius 3 is 2.41 bits per heavy atom. The highest BCUT2D eigenvalue weighted by atomic mass is 16.5. The molecule has 0 saturated carbocycles. The first-order valence-electron chi connectivity index (χ1n) is 5.73. The van der Waals surface area contributed by atoms with Crippen molar-refractivity contribution in [3.63, 3.8) is 0 Å². The normalized spacial score (nSPS) is 11.7. The van der Waals surface area contributed by atoms with E-state index in [1.54, 1.807) is 13.8 Å². The lowest BCUT2D eigenvalue weighted by Gasteiger charge is -2.21. The van der Waals surface area contributed by atoms with Gasteiger partial charge in [-0.3, -0.25) is 4.79 Å². The number of esters is 1. The van der Waals surface area contributed by atoms with Crippen LogP contribution >= 0.6 is 0 Å². The summed E-state index contributed by atoms with van der Waals surface area (Å²) < 4.78 is 4.79. The van der Waals surface area contributed by atoms with Crippen LogP contribution < -0.4 is 0 Å². The van der Waals surface area contributed by atoms with Crippen LogP contribution in [0.4, 0.5) is 0 Å². The number of hydrogen-bond acceptors (Lipinski definition) is 4. The topological polar surface area (TPSA) is 52.1 Å². The Bertz CT molecular complexity index is 425. The predicted octanol–water partition coefficient (Wildman–Crippen LogP) is 2.36. The Balaban J connectivity index is 3.26. The van der Waals surface area contributed by atoms with E-state index in [1.165, 1.54) is 7.11 Å². The molecule has 0 N–H and O–H groups in total. The molecule has 0 aliphatic carbocycles. The molecule has 0 unspecified atom stereocenters. The van der Waals surface area contributed by atoms with Gasteiger partial charge < -0.3 is 4.74 Å². The van der Waals surface area contributed by atoms with E-state index in [9.17, 15) is 4.79 Å². The molecular formula is C13H20N2O2. The largest absolute Gasteiger partial charge is 0.468 e. The number of carbonyl (C=O) groups is 1. The van der Waals surface area contributed by atoms with Crippen molar-refractivity contribution < 1.29 is 9.53 Å². The highest BCUT2D eigenvalue weighted by Crippen LogP contribution is 2.23. The molecule has 0 aliphatic rings. The Hall–Kier alpha value is -1.45. The molecule has 94 valence electrons. The fourth-order valence-electron chi connectivity index (χ4n) is 1.51. The summed E-state index contributed by atoms with van der Waals surface area (Å²) in [6, 6.07) is 1.95. The number of nitrogens with zero attached hydrogens (tertiary/aromatic N) is 2. The molecule has 4 heteroatoms. The molecule has 0 amide bonds. The van der Waals surface area contributed by atoms with Crippen molar-refractivity contribution in [1.82, 2.24) is 9.97 Å². The first-order chi connectivity index (χ1) is 7.78. The van der Waals surface area contributed by atoms with Gasteiger partial charge in [-0.1, -0.05) is 13.8 Å². The zero-order valence-corrected chi connectivity index (χ0v) is 11.4. The maximum Gasteiger partial charge on any atom is 0.318 e. The maximum atomic E-state index is 11.7. The van der Waals surface area contributed by atoms with E-state index in [4.69, 9.17) is 4.74 Å². The average molecular weight is 236 g/mol. The molecule has 4 nitrogen and oxygen atoms in total. The highest BCUT2D eigenvalue weighted by molar-refractivity contribution is 5.80. The van der Waals surface area contributed by atoms with Gasteiger partial charge in [-0.05, 0) is 32.8 Å². The third-order valence-electron chi connectivity index (χ3n) is 2.72. The molecule has 17 heavy (non-hydrogen) atoms. The lowest BCUT2D eigenvalue weighted by Crippen LogP contribution is -2.33. The second kappa shape index (κ2) is 4.82. The van der Waals surface area contributed by atoms with Crippen molar-refractivity contribution in [3.05, 3.63) is 23.3 Å². The molecule has 1 aromatic rings. The summed E-state index contributed by atoms with van der Waals surface area (Å²) in [6.07, 6.45) is 0. The quantitative estimate of drug-likeness (QED) is 0.756. The summed E-state index contributed by atoms with van der Waals surface area (Å²) in [5, 5.41) is 0. The number of methoxy groups -OCH3 is 1. The van der Waals surface area contributed by atoms with Gasteiger partial charge in [-0.25, -0.2) is 9.97 Å². The molecule has 1 heterocycles. The SMILES string of the molecule is COC(=O)C(C)(C)c1nc(C)cc(C(C)C)n1. The van der Waals surface area contributed by atoms with Crippen LogP contribution in [0.2, 0.25) is 0 Å². The molecule has 0 aliphatic heterocycles. The van der Waals surface area contributed by atoms with Gasteiger partial charge in [0.25, 0.3) is 0 Å². The molecular weight excluding hydrogens is 216 g/mol. The van der Waals surface area contributed by atoms with Crippen LogP contribution in [0.25, 0.3) is 0 Å². The van der Waals surface area contributed by atoms with E-state index in [0.717, 1.165) is 11.4 Å². The fourth-order valence-corrected chi connectivity index (χ4v) is 1.51. The minimum atomic E-state index is -0.815. The summed E-state index contributed by atoms with van der Waals surface area (Å²) in [5.74, 6) is 0.509. The second-order valence-corrected chi connectivity index (χ2v) is 5.03. The van der Waals surface area contributed by atoms with E-state index >= 15 is 0 Å². The lowest BCUT2D eigenvalue weighted by atomic mass is 9.92. The van der Waals surface area contributed by atoms with Gasteiger partial charge in [0.2, 0.25) is 0 Å². The van der Waals surface area contributed by atoms with Gasteiger partial charge in [0.05, 0.1) is 7.11 Å². The van der Waals surface area contributed by atoms with Crippen LogP contribution in [0.3, 0.4) is 0 Å². The zero-order valence-electron chi connectivity index (χ0n) is 11.4. The maximum absolute atomic E-state index is 11.7. The predicted molar refractivity (Wildman–Crippen MR) is 65.9 cm³/mol. The summed E-state index contributed by atoms with van der Waals surface area (Å²) in [6.45, 7) is 9.59. The zero-order chi connectivity index (χ0) is 13.2. The van der Waals surface area contributed by atoms with Crippen LogP contribution in [0.15, 0.2) is 6.07 Å². The summed E-state index contributed by atoms with van der Waals surface area (Å²) in [4.78, 5) is 20.5. The average Bonchev–Trinajstić information content (AvgIpc) is 2.26. The summed E-state index contributed by atoms with van der Waals surface area (Å²) >= 11 is 0. The van der Waals surface area contributed by atoms with Gasteiger partial charge in [0, 0.05) is 11.4 Å². The second-order valence-electron chi connectivity index (χ2n) is 5.03. The van der Waals surface area contributed by atoms with Crippen LogP contribution in [-0.4, -0.2) is 23.0 Å². The van der Waals surface area contributed by atoms with E-state index in [0.29, 0.717) is 11.7 Å². The third-order valence-corrected chi connectivity index (χ3v) is 2.72. The number of carbonyl (C=O) groups excluding carboxylic acids is 1. The van der Waals surface area contributed by atoms with Crippen molar-refractivity contribution in [2.24, 2.45) is 0 Å². The Morgan fingerprint density at radius 1 is 1.35 bits per heavy atom. The first-order valence-corrected chi connectivity index (χ1v) is 5.73. The van der Waals surface area contributed by atoms with Gasteiger partial charge >= 0.3 is 5.97 Å². The summed E-state index contributed by atoms with van der Waals surface area (Å²) in [7, 11) is 1.38. The van der Waals surface area contributed by atoms with Crippen LogP contribution in [-0.2, 0) is 14.9 Å². The molecule has 0 atom stereocenters. The molecule has 1 aromatic heterocycles. The lowest BCUT2D eigenvalue weighted by molar-refractivity contribution is -0.146. The minimum Gasteiger partial charge on any atom is -0.468 e. The van der Waals surface area contributed by atoms with Crippen molar-refractivity contribution in [3.8, 4) is 0 Å². The van der Waals surface area contributed by atoms with Crippen molar-refractivity contribution in [2.75, 3.05) is 7.11 Å². The number of aromatic nitrogens is 2. The fraction of sp³-hybridized carbons (Fsp3) is 0.615. The van der Waals surface area contributed by atoms with E-state index in [-0.39, 0.29) is 5.97 Å². The van der Waals surface area contributed by atoms with E-state index in [1.807, 2.05) is 13.0 Å². The molecule has 0 radical (unpaired) electrons.